The van der Waals surface area contributed by atoms with Crippen molar-refractivity contribution >= 4 is 16.6 Å². The molecule has 1 atom stereocenters. The number of nitrogens with one attached hydrogen (secondary N) is 1. The van der Waals surface area contributed by atoms with Crippen LogP contribution < -0.4 is 5.73 Å². The zero-order valence-corrected chi connectivity index (χ0v) is 8.77. The molecule has 0 bridgehead atoms. The van der Waals surface area contributed by atoms with E-state index in [1.165, 1.54) is 0 Å². The van der Waals surface area contributed by atoms with Crippen LogP contribution in [0.2, 0.25) is 0 Å². The minimum atomic E-state index is -0.613. The first-order valence-electron chi connectivity index (χ1n) is 4.51. The molecule has 1 heterocycles. The van der Waals surface area contributed by atoms with E-state index in [2.05, 4.69) is 4.90 Å². The first kappa shape index (κ1) is 10.7. The van der Waals surface area contributed by atoms with Gasteiger partial charge in [-0.25, -0.2) is 0 Å². The Hall–Kier alpha value is -0.420. The summed E-state index contributed by atoms with van der Waals surface area (Å²) in [6.07, 6.45) is 0. The summed E-state index contributed by atoms with van der Waals surface area (Å²) in [5.41, 5.74) is 5.38. The van der Waals surface area contributed by atoms with E-state index in [-0.39, 0.29) is 11.8 Å². The molecule has 1 unspecified atom stereocenters. The molecule has 1 saturated heterocycles. The van der Waals surface area contributed by atoms with Gasteiger partial charge in [0.2, 0.25) is 0 Å². The van der Waals surface area contributed by atoms with E-state index < -0.39 is 10.8 Å². The Balaban J connectivity index is 2.30. The monoisotopic (exact) mass is 203 g/mol. The van der Waals surface area contributed by atoms with Crippen molar-refractivity contribution in [3.63, 3.8) is 0 Å². The molecule has 0 aromatic rings. The van der Waals surface area contributed by atoms with Gasteiger partial charge in [-0.1, -0.05) is 6.92 Å². The van der Waals surface area contributed by atoms with Crippen LogP contribution in [0.4, 0.5) is 0 Å². The molecule has 13 heavy (non-hydrogen) atoms. The maximum Gasteiger partial charge on any atom is 0.0947 e. The third-order valence-corrected chi connectivity index (χ3v) is 3.61. The van der Waals surface area contributed by atoms with Crippen molar-refractivity contribution in [3.05, 3.63) is 0 Å². The number of nitrogens with two attached hydrogens (primary N) is 1. The summed E-state index contributed by atoms with van der Waals surface area (Å²) in [4.78, 5) is 2.23. The standard InChI is InChI=1S/C8H17N3OS/c1-7(8(9)10)6-11-2-4-13(12)5-3-11/h7H,2-6H2,1H3,(H3,9,10). The Morgan fingerprint density at radius 1 is 1.62 bits per heavy atom. The number of amidine groups is 1. The molecule has 4 nitrogen and oxygen atoms in total. The van der Waals surface area contributed by atoms with Gasteiger partial charge in [-0.2, -0.15) is 0 Å². The lowest BCUT2D eigenvalue weighted by atomic mass is 10.1. The fraction of sp³-hybridized carbons (Fsp3) is 0.875. The van der Waals surface area contributed by atoms with Gasteiger partial charge >= 0.3 is 0 Å². The Kier molecular flexibility index (Phi) is 3.87. The van der Waals surface area contributed by atoms with Crippen LogP contribution in [0.3, 0.4) is 0 Å². The van der Waals surface area contributed by atoms with E-state index in [4.69, 9.17) is 11.1 Å². The van der Waals surface area contributed by atoms with Crippen LogP contribution in [0.25, 0.3) is 0 Å². The molecule has 0 radical (unpaired) electrons. The van der Waals surface area contributed by atoms with Crippen LogP contribution in [0.15, 0.2) is 0 Å². The van der Waals surface area contributed by atoms with E-state index in [0.29, 0.717) is 0 Å². The van der Waals surface area contributed by atoms with Crippen molar-refractivity contribution in [2.24, 2.45) is 11.7 Å². The first-order valence-corrected chi connectivity index (χ1v) is 5.99. The molecule has 0 aromatic heterocycles. The van der Waals surface area contributed by atoms with Gasteiger partial charge in [-0.15, -0.1) is 0 Å². The molecular formula is C8H17N3OS. The molecule has 5 heteroatoms. The zero-order valence-electron chi connectivity index (χ0n) is 7.95. The molecule has 1 aliphatic rings. The quantitative estimate of drug-likeness (QED) is 0.485. The minimum Gasteiger partial charge on any atom is -0.387 e. The van der Waals surface area contributed by atoms with E-state index >= 15 is 0 Å². The van der Waals surface area contributed by atoms with E-state index in [1.54, 1.807) is 0 Å². The summed E-state index contributed by atoms with van der Waals surface area (Å²) in [5, 5.41) is 7.25. The molecular weight excluding hydrogens is 186 g/mol. The molecule has 0 amide bonds. The summed E-state index contributed by atoms with van der Waals surface area (Å²) in [5.74, 6) is 1.90. The molecule has 3 N–H and O–H groups in total. The Morgan fingerprint density at radius 2 is 2.15 bits per heavy atom. The smallest absolute Gasteiger partial charge is 0.0947 e. The van der Waals surface area contributed by atoms with Crippen LogP contribution >= 0.6 is 0 Å². The number of hydrogen-bond acceptors (Lipinski definition) is 3. The molecule has 1 fully saturated rings. The van der Waals surface area contributed by atoms with Crippen LogP contribution in [0, 0.1) is 11.3 Å². The fourth-order valence-electron chi connectivity index (χ4n) is 1.34. The van der Waals surface area contributed by atoms with Crippen LogP contribution in [-0.4, -0.2) is 46.1 Å². The van der Waals surface area contributed by atoms with E-state index in [9.17, 15) is 4.21 Å². The second-order valence-corrected chi connectivity index (χ2v) is 5.20. The highest BCUT2D eigenvalue weighted by Crippen LogP contribution is 2.04. The fourth-order valence-corrected chi connectivity index (χ4v) is 2.47. The van der Waals surface area contributed by atoms with Crippen molar-refractivity contribution in [2.75, 3.05) is 31.1 Å². The van der Waals surface area contributed by atoms with Crippen LogP contribution in [-0.2, 0) is 10.8 Å². The maximum absolute atomic E-state index is 11.0. The van der Waals surface area contributed by atoms with E-state index in [1.807, 2.05) is 6.92 Å². The second-order valence-electron chi connectivity index (χ2n) is 3.51. The topological polar surface area (TPSA) is 70.2 Å². The average molecular weight is 203 g/mol. The summed E-state index contributed by atoms with van der Waals surface area (Å²) < 4.78 is 11.0. The first-order chi connectivity index (χ1) is 6.09. The molecule has 76 valence electrons. The van der Waals surface area contributed by atoms with E-state index in [0.717, 1.165) is 31.1 Å². The molecule has 1 aliphatic heterocycles. The lowest BCUT2D eigenvalue weighted by Crippen LogP contribution is -2.42. The minimum absolute atomic E-state index is 0.117. The van der Waals surface area contributed by atoms with Gasteiger partial charge in [0.15, 0.2) is 0 Å². The lowest BCUT2D eigenvalue weighted by Gasteiger charge is -2.28. The number of rotatable bonds is 3. The predicted octanol–water partition coefficient (Wildman–Crippen LogP) is -0.377. The SMILES string of the molecule is CC(CN1CCS(=O)CC1)C(=N)N. The van der Waals surface area contributed by atoms with Gasteiger partial charge in [0.1, 0.15) is 0 Å². The van der Waals surface area contributed by atoms with Crippen molar-refractivity contribution in [1.29, 1.82) is 5.41 Å². The predicted molar refractivity (Wildman–Crippen MR) is 55.4 cm³/mol. The number of nitrogens with zero attached hydrogens (tertiary/aromatic N) is 1. The van der Waals surface area contributed by atoms with Gasteiger partial charge in [-0.05, 0) is 0 Å². The molecule has 0 aromatic carbocycles. The van der Waals surface area contributed by atoms with Crippen molar-refractivity contribution < 1.29 is 4.21 Å². The largest absolute Gasteiger partial charge is 0.387 e. The molecule has 0 aliphatic carbocycles. The normalized spacial score (nSPS) is 22.8. The van der Waals surface area contributed by atoms with Gasteiger partial charge in [0, 0.05) is 47.9 Å². The van der Waals surface area contributed by atoms with Crippen LogP contribution in [0.5, 0.6) is 0 Å². The third-order valence-electron chi connectivity index (χ3n) is 2.33. The van der Waals surface area contributed by atoms with Crippen molar-refractivity contribution in [3.8, 4) is 0 Å². The summed E-state index contributed by atoms with van der Waals surface area (Å²) in [6.45, 7) is 4.54. The summed E-state index contributed by atoms with van der Waals surface area (Å²) >= 11 is 0. The molecule has 0 saturated carbocycles. The van der Waals surface area contributed by atoms with Gasteiger partial charge in [0.25, 0.3) is 0 Å². The zero-order chi connectivity index (χ0) is 9.84. The second kappa shape index (κ2) is 4.72. The van der Waals surface area contributed by atoms with Crippen molar-refractivity contribution in [1.82, 2.24) is 4.90 Å². The highest BCUT2D eigenvalue weighted by Gasteiger charge is 2.17. The maximum atomic E-state index is 11.0. The average Bonchev–Trinajstić information content (AvgIpc) is 2.08. The number of hydrogen-bond donors (Lipinski definition) is 2. The Labute approximate surface area is 81.4 Å². The summed E-state index contributed by atoms with van der Waals surface area (Å²) in [6, 6.07) is 0. The Morgan fingerprint density at radius 3 is 2.62 bits per heavy atom. The summed E-state index contributed by atoms with van der Waals surface area (Å²) in [7, 11) is -0.613. The highest BCUT2D eigenvalue weighted by atomic mass is 32.2. The van der Waals surface area contributed by atoms with Crippen molar-refractivity contribution in [2.45, 2.75) is 6.92 Å². The lowest BCUT2D eigenvalue weighted by molar-refractivity contribution is 0.281. The third kappa shape index (κ3) is 3.44. The van der Waals surface area contributed by atoms with Crippen LogP contribution in [0.1, 0.15) is 6.92 Å². The Bertz CT molecular complexity index is 209. The van der Waals surface area contributed by atoms with Gasteiger partial charge in [-0.3, -0.25) is 9.62 Å². The van der Waals surface area contributed by atoms with Gasteiger partial charge < -0.3 is 10.6 Å². The highest BCUT2D eigenvalue weighted by molar-refractivity contribution is 7.85. The molecule has 0 spiro atoms. The van der Waals surface area contributed by atoms with Gasteiger partial charge in [0.05, 0.1) is 5.84 Å². The molecule has 1 rings (SSSR count).